The number of hydrogen-bond donors (Lipinski definition) is 5. The predicted octanol–water partition coefficient (Wildman–Crippen LogP) is 6.03. The highest BCUT2D eigenvalue weighted by molar-refractivity contribution is 8.00. The van der Waals surface area contributed by atoms with Gasteiger partial charge in [0.25, 0.3) is 5.91 Å². The number of pyridine rings is 1. The van der Waals surface area contributed by atoms with Crippen LogP contribution in [0.2, 0.25) is 0 Å². The number of carbonyl (C=O) groups excluding carboxylic acids is 5. The van der Waals surface area contributed by atoms with Gasteiger partial charge < -0.3 is 31.7 Å². The Hall–Kier alpha value is -3.97. The van der Waals surface area contributed by atoms with Gasteiger partial charge in [0.05, 0.1) is 12.1 Å². The number of thioether (sulfide) groups is 1. The van der Waals surface area contributed by atoms with E-state index >= 15 is 0 Å². The number of Topliss-reactive ketones (excluding diaryl/α,β-unsaturated/α-hetero) is 2. The predicted molar refractivity (Wildman–Crippen MR) is 208 cm³/mol. The Balaban J connectivity index is 0.917. The first-order valence-electron chi connectivity index (χ1n) is 19.4. The molecule has 13 heteroatoms. The zero-order chi connectivity index (χ0) is 37.8. The Labute approximate surface area is 318 Å². The number of fused-ring (bicyclic) bond motifs is 1. The summed E-state index contributed by atoms with van der Waals surface area (Å²) < 4.78 is 5.86. The minimum atomic E-state index is -0.229. The summed E-state index contributed by atoms with van der Waals surface area (Å²) in [5.41, 5.74) is 7.92. The Morgan fingerprint density at radius 1 is 0.830 bits per heavy atom. The normalized spacial score (nSPS) is 17.5. The number of hydrogen-bond acceptors (Lipinski definition) is 9. The van der Waals surface area contributed by atoms with Crippen LogP contribution in [0.5, 0.6) is 11.6 Å². The fourth-order valence-electron chi connectivity index (χ4n) is 6.75. The van der Waals surface area contributed by atoms with Gasteiger partial charge in [-0.2, -0.15) is 11.8 Å². The second-order valence-electron chi connectivity index (χ2n) is 14.2. The maximum Gasteiger partial charge on any atom is 0.315 e. The lowest BCUT2D eigenvalue weighted by atomic mass is 10.0. The van der Waals surface area contributed by atoms with Crippen LogP contribution in [-0.2, 0) is 20.9 Å². The van der Waals surface area contributed by atoms with Crippen LogP contribution < -0.4 is 31.7 Å². The number of nitrogens with one attached hydrogen (secondary N) is 4. The van der Waals surface area contributed by atoms with Gasteiger partial charge in [0.15, 0.2) is 0 Å². The number of rotatable bonds is 26. The van der Waals surface area contributed by atoms with Gasteiger partial charge in [0.1, 0.15) is 17.3 Å². The number of ether oxygens (including phenoxy) is 1. The summed E-state index contributed by atoms with van der Waals surface area (Å²) >= 11 is 1.91. The number of unbranched alkanes of at least 4 members (excludes halogenated alkanes) is 6. The van der Waals surface area contributed by atoms with E-state index in [-0.39, 0.29) is 35.7 Å². The first kappa shape index (κ1) is 41.8. The molecule has 0 bridgehead atoms. The van der Waals surface area contributed by atoms with Crippen molar-refractivity contribution in [1.29, 1.82) is 0 Å². The lowest BCUT2D eigenvalue weighted by molar-refractivity contribution is -0.121. The van der Waals surface area contributed by atoms with Crippen LogP contribution in [0.1, 0.15) is 124 Å². The van der Waals surface area contributed by atoms with Crippen LogP contribution in [0.15, 0.2) is 36.4 Å². The first-order chi connectivity index (χ1) is 25.7. The molecule has 2 aromatic rings. The van der Waals surface area contributed by atoms with Gasteiger partial charge >= 0.3 is 6.03 Å². The highest BCUT2D eigenvalue weighted by atomic mass is 32.2. The van der Waals surface area contributed by atoms with E-state index in [1.165, 1.54) is 0 Å². The second kappa shape index (κ2) is 23.0. The first-order valence-corrected chi connectivity index (χ1v) is 20.5. The molecule has 3 atom stereocenters. The summed E-state index contributed by atoms with van der Waals surface area (Å²) in [6, 6.07) is 11.0. The summed E-state index contributed by atoms with van der Waals surface area (Å²) in [6.07, 6.45) is 12.3. The largest absolute Gasteiger partial charge is 0.439 e. The summed E-state index contributed by atoms with van der Waals surface area (Å²) in [6.45, 7) is 3.27. The standard InChI is InChI=1S/C40H58N6O6S/c1-28-23-29(26-41)24-37(44-28)52-33-18-11-13-30(25-33)39(50)43-22-12-17-32(48)15-6-4-10-21-42-36(49)20-7-3-2-5-14-31(47)16-8-9-19-35-38-34(27-53-35)45-40(51)46-38/h11,13,18,23-25,34-35,38H,2-10,12,14-17,19-22,26-27,41H2,1H3,(H,42,49)(H,43,50)(H2,45,46,51)/t34-,35-,38-/m0/s1. The molecule has 4 amide bonds. The minimum absolute atomic E-state index is 0.0558. The van der Waals surface area contributed by atoms with Gasteiger partial charge in [-0.3, -0.25) is 19.2 Å². The SMILES string of the molecule is Cc1cc(CN)cc(Oc2cccc(C(=O)NCCCC(=O)CCCCCNC(=O)CCCCCCC(=O)CCCC[C@@H]3SC[C@@H]4NC(=O)N[C@@H]43)c2)n1. The molecule has 1 aromatic heterocycles. The van der Waals surface area contributed by atoms with Crippen LogP contribution >= 0.6 is 11.8 Å². The summed E-state index contributed by atoms with van der Waals surface area (Å²) in [5.74, 6) is 2.22. The van der Waals surface area contributed by atoms with Crippen molar-refractivity contribution in [3.8, 4) is 11.6 Å². The van der Waals surface area contributed by atoms with Gasteiger partial charge in [0.2, 0.25) is 11.8 Å². The molecule has 6 N–H and O–H groups in total. The van der Waals surface area contributed by atoms with Crippen molar-refractivity contribution in [2.24, 2.45) is 5.73 Å². The molecule has 53 heavy (non-hydrogen) atoms. The maximum atomic E-state index is 12.7. The molecule has 0 spiro atoms. The number of urea groups is 1. The molecule has 1 aromatic carbocycles. The summed E-state index contributed by atoms with van der Waals surface area (Å²) in [4.78, 5) is 65.3. The number of ketones is 2. The van der Waals surface area contributed by atoms with Crippen molar-refractivity contribution in [2.45, 2.75) is 134 Å². The number of aromatic nitrogens is 1. The minimum Gasteiger partial charge on any atom is -0.439 e. The van der Waals surface area contributed by atoms with Gasteiger partial charge in [-0.15, -0.1) is 0 Å². The van der Waals surface area contributed by atoms with E-state index in [4.69, 9.17) is 10.5 Å². The number of amides is 4. The molecule has 12 nitrogen and oxygen atoms in total. The number of carbonyl (C=O) groups is 5. The average Bonchev–Trinajstić information content (AvgIpc) is 3.70. The van der Waals surface area contributed by atoms with Crippen molar-refractivity contribution in [3.63, 3.8) is 0 Å². The molecule has 290 valence electrons. The van der Waals surface area contributed by atoms with Crippen molar-refractivity contribution >= 4 is 41.2 Å². The van der Waals surface area contributed by atoms with E-state index in [0.717, 1.165) is 81.2 Å². The maximum absolute atomic E-state index is 12.7. The number of benzene rings is 1. The third-order valence-electron chi connectivity index (χ3n) is 9.66. The molecule has 2 aliphatic heterocycles. The molecular formula is C40H58N6O6S. The molecular weight excluding hydrogens is 693 g/mol. The Morgan fingerprint density at radius 2 is 1.51 bits per heavy atom. The molecule has 2 fully saturated rings. The van der Waals surface area contributed by atoms with Crippen LogP contribution in [0.3, 0.4) is 0 Å². The van der Waals surface area contributed by atoms with Crippen molar-refractivity contribution < 1.29 is 28.7 Å². The number of aryl methyl sites for hydroxylation is 1. The van der Waals surface area contributed by atoms with Crippen LogP contribution in [0.4, 0.5) is 4.79 Å². The van der Waals surface area contributed by atoms with E-state index in [1.54, 1.807) is 30.3 Å². The van der Waals surface area contributed by atoms with E-state index in [2.05, 4.69) is 26.3 Å². The summed E-state index contributed by atoms with van der Waals surface area (Å²) in [7, 11) is 0. The molecule has 0 aliphatic carbocycles. The third kappa shape index (κ3) is 15.5. The monoisotopic (exact) mass is 750 g/mol. The van der Waals surface area contributed by atoms with Crippen LogP contribution in [0, 0.1) is 6.92 Å². The highest BCUT2D eigenvalue weighted by Gasteiger charge is 2.42. The second-order valence-corrected chi connectivity index (χ2v) is 15.4. The lowest BCUT2D eigenvalue weighted by Gasteiger charge is -2.16. The van der Waals surface area contributed by atoms with Crippen molar-refractivity contribution in [1.82, 2.24) is 26.3 Å². The highest BCUT2D eigenvalue weighted by Crippen LogP contribution is 2.33. The van der Waals surface area contributed by atoms with Gasteiger partial charge in [0, 0.05) is 80.1 Å². The molecule has 2 saturated heterocycles. The fourth-order valence-corrected chi connectivity index (χ4v) is 8.29. The van der Waals surface area contributed by atoms with Gasteiger partial charge in [-0.05, 0) is 81.7 Å². The number of nitrogens with zero attached hydrogens (tertiary/aromatic N) is 1. The molecule has 0 radical (unpaired) electrons. The zero-order valence-corrected chi connectivity index (χ0v) is 32.0. The zero-order valence-electron chi connectivity index (χ0n) is 31.2. The molecule has 2 aliphatic rings. The number of nitrogens with two attached hydrogens (primary N) is 1. The van der Waals surface area contributed by atoms with E-state index in [1.807, 2.05) is 24.8 Å². The topological polar surface area (TPSA) is 182 Å². The molecule has 3 heterocycles. The van der Waals surface area contributed by atoms with Crippen LogP contribution in [-0.4, -0.2) is 70.6 Å². The molecule has 0 saturated carbocycles. The average molecular weight is 751 g/mol. The lowest BCUT2D eigenvalue weighted by Crippen LogP contribution is -2.36. The van der Waals surface area contributed by atoms with Gasteiger partial charge in [-0.25, -0.2) is 9.78 Å². The Morgan fingerprint density at radius 3 is 2.26 bits per heavy atom. The van der Waals surface area contributed by atoms with Crippen LogP contribution in [0.25, 0.3) is 0 Å². The smallest absolute Gasteiger partial charge is 0.315 e. The van der Waals surface area contributed by atoms with E-state index < -0.39 is 0 Å². The quantitative estimate of drug-likeness (QED) is 0.0566. The van der Waals surface area contributed by atoms with Gasteiger partial charge in [-0.1, -0.05) is 31.7 Å². The van der Waals surface area contributed by atoms with E-state index in [9.17, 15) is 24.0 Å². The summed E-state index contributed by atoms with van der Waals surface area (Å²) in [5, 5.41) is 12.3. The van der Waals surface area contributed by atoms with E-state index in [0.29, 0.717) is 86.4 Å². The molecule has 0 unspecified atom stereocenters. The van der Waals surface area contributed by atoms with Crippen molar-refractivity contribution in [2.75, 3.05) is 18.8 Å². The fraction of sp³-hybridized carbons (Fsp3) is 0.600. The Kier molecular flexibility index (Phi) is 18.1. The third-order valence-corrected chi connectivity index (χ3v) is 11.2. The Bertz CT molecular complexity index is 1520. The molecule has 4 rings (SSSR count). The van der Waals surface area contributed by atoms with Crippen molar-refractivity contribution in [3.05, 3.63) is 53.2 Å².